The smallest absolute Gasteiger partial charge is 0.240 e. The largest absolute Gasteiger partial charge is 0.324 e. The Morgan fingerprint density at radius 3 is 2.61 bits per heavy atom. The molecule has 1 fully saturated rings. The zero-order valence-corrected chi connectivity index (χ0v) is 11.1. The summed E-state index contributed by atoms with van der Waals surface area (Å²) in [7, 11) is -3.61. The fraction of sp³-hybridized carbons (Fsp3) is 0.500. The maximum atomic E-state index is 12.9. The molecule has 0 unspecified atom stereocenters. The van der Waals surface area contributed by atoms with Crippen molar-refractivity contribution in [3.8, 4) is 0 Å². The Morgan fingerprint density at radius 2 is 2.11 bits per heavy atom. The van der Waals surface area contributed by atoms with Crippen LogP contribution in [0, 0.1) is 12.7 Å². The van der Waals surface area contributed by atoms with E-state index in [1.54, 1.807) is 6.92 Å². The molecule has 1 aliphatic rings. The second-order valence-electron chi connectivity index (χ2n) is 4.95. The van der Waals surface area contributed by atoms with Gasteiger partial charge in [0.25, 0.3) is 0 Å². The summed E-state index contributed by atoms with van der Waals surface area (Å²) in [5, 5.41) is 0. The second kappa shape index (κ2) is 4.60. The number of rotatable bonds is 4. The van der Waals surface area contributed by atoms with E-state index in [1.165, 1.54) is 12.1 Å². The molecule has 0 bridgehead atoms. The Kier molecular flexibility index (Phi) is 3.44. The highest BCUT2D eigenvalue weighted by atomic mass is 32.2. The van der Waals surface area contributed by atoms with Gasteiger partial charge in [0.1, 0.15) is 5.82 Å². The molecular formula is C12H17FN2O2S. The summed E-state index contributed by atoms with van der Waals surface area (Å²) < 4.78 is 39.6. The summed E-state index contributed by atoms with van der Waals surface area (Å²) in [5.41, 5.74) is 5.94. The number of hydrogen-bond acceptors (Lipinski definition) is 3. The third-order valence-electron chi connectivity index (χ3n) is 3.39. The van der Waals surface area contributed by atoms with E-state index in [0.717, 1.165) is 25.3 Å². The molecular weight excluding hydrogens is 255 g/mol. The normalized spacial score (nSPS) is 18.4. The molecule has 4 nitrogen and oxygen atoms in total. The van der Waals surface area contributed by atoms with Gasteiger partial charge >= 0.3 is 0 Å². The van der Waals surface area contributed by atoms with Crippen molar-refractivity contribution in [3.05, 3.63) is 29.6 Å². The van der Waals surface area contributed by atoms with E-state index < -0.39 is 21.4 Å². The van der Waals surface area contributed by atoms with Crippen molar-refractivity contribution in [2.45, 2.75) is 36.6 Å². The predicted octanol–water partition coefficient (Wildman–Crippen LogP) is 1.29. The number of hydrogen-bond donors (Lipinski definition) is 2. The van der Waals surface area contributed by atoms with Gasteiger partial charge in [0, 0.05) is 12.1 Å². The van der Waals surface area contributed by atoms with Crippen LogP contribution in [0.5, 0.6) is 0 Å². The Balaban J connectivity index is 2.15. The topological polar surface area (TPSA) is 72.2 Å². The summed E-state index contributed by atoms with van der Waals surface area (Å²) in [6.45, 7) is 1.80. The molecule has 3 N–H and O–H groups in total. The van der Waals surface area contributed by atoms with Crippen LogP contribution >= 0.6 is 0 Å². The molecule has 0 heterocycles. The minimum absolute atomic E-state index is 0.104. The van der Waals surface area contributed by atoms with Crippen LogP contribution in [0.3, 0.4) is 0 Å². The van der Waals surface area contributed by atoms with Crippen molar-refractivity contribution in [1.82, 2.24) is 4.72 Å². The first-order valence-electron chi connectivity index (χ1n) is 5.87. The molecule has 0 radical (unpaired) electrons. The molecule has 1 aliphatic carbocycles. The van der Waals surface area contributed by atoms with Gasteiger partial charge in [-0.1, -0.05) is 0 Å². The van der Waals surface area contributed by atoms with Gasteiger partial charge in [-0.3, -0.25) is 0 Å². The summed E-state index contributed by atoms with van der Waals surface area (Å²) in [6, 6.07) is 3.62. The zero-order chi connectivity index (χ0) is 13.4. The van der Waals surface area contributed by atoms with Crippen LogP contribution in [0.4, 0.5) is 4.39 Å². The zero-order valence-electron chi connectivity index (χ0n) is 10.2. The quantitative estimate of drug-likeness (QED) is 0.867. The third kappa shape index (κ3) is 2.71. The molecule has 0 aliphatic heterocycles. The molecule has 18 heavy (non-hydrogen) atoms. The van der Waals surface area contributed by atoms with Crippen molar-refractivity contribution < 1.29 is 12.8 Å². The van der Waals surface area contributed by atoms with Crippen LogP contribution in [-0.2, 0) is 10.0 Å². The first kappa shape index (κ1) is 13.5. The van der Waals surface area contributed by atoms with E-state index in [4.69, 9.17) is 5.73 Å². The monoisotopic (exact) mass is 272 g/mol. The molecule has 2 rings (SSSR count). The van der Waals surface area contributed by atoms with Gasteiger partial charge < -0.3 is 5.73 Å². The lowest BCUT2D eigenvalue weighted by Crippen LogP contribution is -2.54. The van der Waals surface area contributed by atoms with E-state index >= 15 is 0 Å². The number of halogens is 1. The molecule has 0 amide bonds. The molecule has 0 saturated heterocycles. The Hall–Kier alpha value is -0.980. The third-order valence-corrected chi connectivity index (χ3v) is 4.95. The van der Waals surface area contributed by atoms with Gasteiger partial charge in [0.2, 0.25) is 10.0 Å². The van der Waals surface area contributed by atoms with E-state index in [9.17, 15) is 12.8 Å². The fourth-order valence-electron chi connectivity index (χ4n) is 2.04. The average molecular weight is 272 g/mol. The predicted molar refractivity (Wildman–Crippen MR) is 67.1 cm³/mol. The molecule has 0 atom stereocenters. The van der Waals surface area contributed by atoms with Crippen LogP contribution in [-0.4, -0.2) is 20.5 Å². The van der Waals surface area contributed by atoms with Gasteiger partial charge in [-0.05, 0) is 49.9 Å². The Morgan fingerprint density at radius 1 is 1.44 bits per heavy atom. The van der Waals surface area contributed by atoms with Crippen LogP contribution in [0.15, 0.2) is 23.1 Å². The van der Waals surface area contributed by atoms with Crippen molar-refractivity contribution in [2.75, 3.05) is 6.54 Å². The van der Waals surface area contributed by atoms with Crippen molar-refractivity contribution in [2.24, 2.45) is 5.73 Å². The first-order valence-corrected chi connectivity index (χ1v) is 7.35. The Labute approximate surface area is 106 Å². The number of benzene rings is 1. The van der Waals surface area contributed by atoms with Crippen molar-refractivity contribution >= 4 is 10.0 Å². The molecule has 0 aromatic heterocycles. The van der Waals surface area contributed by atoms with Gasteiger partial charge in [0.15, 0.2) is 0 Å². The molecule has 0 spiro atoms. The number of nitrogens with two attached hydrogens (primary N) is 1. The van der Waals surface area contributed by atoms with Crippen LogP contribution in [0.1, 0.15) is 24.8 Å². The second-order valence-corrected chi connectivity index (χ2v) is 6.69. The molecule has 1 aromatic rings. The fourth-order valence-corrected chi connectivity index (χ4v) is 3.40. The number of aryl methyl sites for hydroxylation is 1. The lowest BCUT2D eigenvalue weighted by atomic mass is 9.78. The highest BCUT2D eigenvalue weighted by Crippen LogP contribution is 2.28. The average Bonchev–Trinajstić information content (AvgIpc) is 2.23. The molecule has 6 heteroatoms. The van der Waals surface area contributed by atoms with Crippen LogP contribution in [0.2, 0.25) is 0 Å². The standard InChI is InChI=1S/C12H17FN2O2S/c1-9-7-10(13)3-4-11(9)18(16,17)15-8-12(14)5-2-6-12/h3-4,7,15H,2,5-6,8,14H2,1H3. The van der Waals surface area contributed by atoms with E-state index in [2.05, 4.69) is 4.72 Å². The lowest BCUT2D eigenvalue weighted by Gasteiger charge is -2.38. The van der Waals surface area contributed by atoms with Crippen LogP contribution < -0.4 is 10.5 Å². The molecule has 1 saturated carbocycles. The molecule has 100 valence electrons. The summed E-state index contributed by atoms with van der Waals surface area (Å²) >= 11 is 0. The van der Waals surface area contributed by atoms with E-state index in [0.29, 0.717) is 5.56 Å². The number of nitrogens with one attached hydrogen (secondary N) is 1. The summed E-state index contributed by atoms with van der Waals surface area (Å²) in [4.78, 5) is 0.104. The lowest BCUT2D eigenvalue weighted by molar-refractivity contribution is 0.251. The summed E-state index contributed by atoms with van der Waals surface area (Å²) in [5.74, 6) is -0.444. The van der Waals surface area contributed by atoms with Crippen molar-refractivity contribution in [3.63, 3.8) is 0 Å². The SMILES string of the molecule is Cc1cc(F)ccc1S(=O)(=O)NCC1(N)CCC1. The Bertz CT molecular complexity index is 553. The van der Waals surface area contributed by atoms with E-state index in [1.807, 2.05) is 0 Å². The van der Waals surface area contributed by atoms with E-state index in [-0.39, 0.29) is 11.4 Å². The van der Waals surface area contributed by atoms with Crippen molar-refractivity contribution in [1.29, 1.82) is 0 Å². The van der Waals surface area contributed by atoms with Crippen LogP contribution in [0.25, 0.3) is 0 Å². The molecule has 1 aromatic carbocycles. The number of sulfonamides is 1. The highest BCUT2D eigenvalue weighted by molar-refractivity contribution is 7.89. The van der Waals surface area contributed by atoms with Gasteiger partial charge in [0.05, 0.1) is 4.90 Å². The minimum atomic E-state index is -3.61. The highest BCUT2D eigenvalue weighted by Gasteiger charge is 2.33. The van der Waals surface area contributed by atoms with Gasteiger partial charge in [-0.15, -0.1) is 0 Å². The van der Waals surface area contributed by atoms with Gasteiger partial charge in [-0.25, -0.2) is 17.5 Å². The maximum Gasteiger partial charge on any atom is 0.240 e. The first-order chi connectivity index (χ1) is 8.32. The minimum Gasteiger partial charge on any atom is -0.324 e. The maximum absolute atomic E-state index is 12.9. The summed E-state index contributed by atoms with van der Waals surface area (Å²) in [6.07, 6.45) is 2.70. The van der Waals surface area contributed by atoms with Gasteiger partial charge in [-0.2, -0.15) is 0 Å².